The van der Waals surface area contributed by atoms with E-state index >= 15 is 0 Å². The maximum Gasteiger partial charge on any atom is 0.145 e. The van der Waals surface area contributed by atoms with Crippen LogP contribution in [-0.2, 0) is 6.42 Å². The number of halogens is 4. The maximum absolute atomic E-state index is 13.5. The Bertz CT molecular complexity index is 637. The van der Waals surface area contributed by atoms with Crippen LogP contribution in [0.5, 0.6) is 11.5 Å². The van der Waals surface area contributed by atoms with Gasteiger partial charge in [-0.25, -0.2) is 8.78 Å². The zero-order valence-electron chi connectivity index (χ0n) is 10.3. The molecule has 2 N–H and O–H groups in total. The van der Waals surface area contributed by atoms with Crippen LogP contribution in [0.15, 0.2) is 34.8 Å². The average Bonchev–Trinajstić information content (AvgIpc) is 2.35. The van der Waals surface area contributed by atoms with E-state index in [1.807, 2.05) is 0 Å². The molecule has 0 aliphatic carbocycles. The van der Waals surface area contributed by atoms with Gasteiger partial charge < -0.3 is 10.5 Å². The van der Waals surface area contributed by atoms with Crippen LogP contribution in [0.4, 0.5) is 8.78 Å². The van der Waals surface area contributed by atoms with Gasteiger partial charge in [-0.1, -0.05) is 11.6 Å². The second kappa shape index (κ2) is 6.52. The molecule has 0 saturated heterocycles. The van der Waals surface area contributed by atoms with Gasteiger partial charge in [-0.2, -0.15) is 0 Å². The lowest BCUT2D eigenvalue weighted by Gasteiger charge is -2.10. The monoisotopic (exact) mass is 361 g/mol. The first-order valence-electron chi connectivity index (χ1n) is 5.81. The second-order valence-corrected chi connectivity index (χ2v) is 5.39. The van der Waals surface area contributed by atoms with Crippen molar-refractivity contribution in [2.24, 2.45) is 5.73 Å². The Kier molecular flexibility index (Phi) is 4.96. The molecule has 2 rings (SSSR count). The molecule has 0 spiro atoms. The summed E-state index contributed by atoms with van der Waals surface area (Å²) in [5.41, 5.74) is 6.15. The molecule has 0 atom stereocenters. The van der Waals surface area contributed by atoms with Gasteiger partial charge in [0.05, 0.1) is 9.50 Å². The summed E-state index contributed by atoms with van der Waals surface area (Å²) in [6, 6.07) is 6.79. The molecule has 0 amide bonds. The predicted molar refractivity (Wildman–Crippen MR) is 78.3 cm³/mol. The van der Waals surface area contributed by atoms with Crippen LogP contribution in [0.25, 0.3) is 0 Å². The largest absolute Gasteiger partial charge is 0.456 e. The normalized spacial score (nSPS) is 10.7. The minimum atomic E-state index is -0.608. The van der Waals surface area contributed by atoms with E-state index in [1.54, 1.807) is 6.07 Å². The summed E-state index contributed by atoms with van der Waals surface area (Å²) < 4.78 is 32.9. The Morgan fingerprint density at radius 1 is 1.15 bits per heavy atom. The molecule has 0 saturated carbocycles. The van der Waals surface area contributed by atoms with Crippen LogP contribution in [0, 0.1) is 11.6 Å². The first-order chi connectivity index (χ1) is 9.49. The summed E-state index contributed by atoms with van der Waals surface area (Å²) in [5.74, 6) is -0.549. The predicted octanol–water partition coefficient (Wildman–Crippen LogP) is 4.67. The lowest BCUT2D eigenvalue weighted by Crippen LogP contribution is -2.03. The fourth-order valence-electron chi connectivity index (χ4n) is 1.70. The van der Waals surface area contributed by atoms with Crippen molar-refractivity contribution in [2.75, 3.05) is 6.54 Å². The molecule has 0 aromatic heterocycles. The zero-order valence-corrected chi connectivity index (χ0v) is 12.6. The van der Waals surface area contributed by atoms with Crippen LogP contribution in [0.2, 0.25) is 5.02 Å². The second-order valence-electron chi connectivity index (χ2n) is 4.13. The Balaban J connectivity index is 2.32. The van der Waals surface area contributed by atoms with Crippen molar-refractivity contribution >= 4 is 27.5 Å². The molecule has 0 heterocycles. The Hall–Kier alpha value is -1.17. The summed E-state index contributed by atoms with van der Waals surface area (Å²) in [5, 5.41) is -0.0210. The highest BCUT2D eigenvalue weighted by molar-refractivity contribution is 9.10. The number of ether oxygens (including phenoxy) is 1. The van der Waals surface area contributed by atoms with Crippen molar-refractivity contribution in [3.63, 3.8) is 0 Å². The van der Waals surface area contributed by atoms with Gasteiger partial charge in [0.25, 0.3) is 0 Å². The van der Waals surface area contributed by atoms with Crippen LogP contribution in [0.1, 0.15) is 5.56 Å². The van der Waals surface area contributed by atoms with E-state index in [0.29, 0.717) is 23.0 Å². The number of benzene rings is 2. The van der Waals surface area contributed by atoms with E-state index in [9.17, 15) is 8.78 Å². The van der Waals surface area contributed by atoms with E-state index in [1.165, 1.54) is 18.2 Å². The molecule has 2 aromatic rings. The lowest BCUT2D eigenvalue weighted by atomic mass is 10.1. The van der Waals surface area contributed by atoms with Crippen molar-refractivity contribution in [3.05, 3.63) is 57.0 Å². The van der Waals surface area contributed by atoms with Gasteiger partial charge in [-0.3, -0.25) is 0 Å². The summed E-state index contributed by atoms with van der Waals surface area (Å²) in [6.45, 7) is 0.405. The molecule has 6 heteroatoms. The van der Waals surface area contributed by atoms with E-state index in [-0.39, 0.29) is 16.5 Å². The molecule has 20 heavy (non-hydrogen) atoms. The molecule has 0 bridgehead atoms. The zero-order chi connectivity index (χ0) is 14.7. The van der Waals surface area contributed by atoms with Crippen molar-refractivity contribution in [1.29, 1.82) is 0 Å². The summed E-state index contributed by atoms with van der Waals surface area (Å²) in [7, 11) is 0. The standard InChI is InChI=1S/C14H11BrClF2NO/c15-11-6-12(16)13(18)7-14(11)20-10-4-8(1-2-19)3-9(17)5-10/h3-7H,1-2,19H2. The van der Waals surface area contributed by atoms with E-state index in [2.05, 4.69) is 15.9 Å². The number of hydrogen-bond acceptors (Lipinski definition) is 2. The first kappa shape index (κ1) is 15.2. The fourth-order valence-corrected chi connectivity index (χ4v) is 2.42. The molecule has 0 radical (unpaired) electrons. The third kappa shape index (κ3) is 3.69. The smallest absolute Gasteiger partial charge is 0.145 e. The number of rotatable bonds is 4. The van der Waals surface area contributed by atoms with E-state index < -0.39 is 11.6 Å². The third-order valence-electron chi connectivity index (χ3n) is 2.57. The van der Waals surface area contributed by atoms with E-state index in [0.717, 1.165) is 6.07 Å². The van der Waals surface area contributed by atoms with Crippen LogP contribution in [-0.4, -0.2) is 6.54 Å². The van der Waals surface area contributed by atoms with Gasteiger partial charge >= 0.3 is 0 Å². The van der Waals surface area contributed by atoms with Crippen LogP contribution >= 0.6 is 27.5 Å². The molecular formula is C14H11BrClF2NO. The summed E-state index contributed by atoms with van der Waals surface area (Å²) >= 11 is 8.86. The molecule has 2 nitrogen and oxygen atoms in total. The van der Waals surface area contributed by atoms with E-state index in [4.69, 9.17) is 22.1 Å². The van der Waals surface area contributed by atoms with Crippen LogP contribution < -0.4 is 10.5 Å². The Morgan fingerprint density at radius 3 is 2.60 bits per heavy atom. The van der Waals surface area contributed by atoms with Gasteiger partial charge in [0, 0.05) is 12.1 Å². The number of nitrogens with two attached hydrogens (primary N) is 1. The van der Waals surface area contributed by atoms with Gasteiger partial charge in [-0.15, -0.1) is 0 Å². The average molecular weight is 363 g/mol. The molecule has 0 aliphatic rings. The topological polar surface area (TPSA) is 35.2 Å². The maximum atomic E-state index is 13.5. The number of hydrogen-bond donors (Lipinski definition) is 1. The first-order valence-corrected chi connectivity index (χ1v) is 6.98. The highest BCUT2D eigenvalue weighted by Crippen LogP contribution is 2.34. The molecule has 0 unspecified atom stereocenters. The fraction of sp³-hybridized carbons (Fsp3) is 0.143. The van der Waals surface area contributed by atoms with Gasteiger partial charge in [-0.05, 0) is 52.7 Å². The van der Waals surface area contributed by atoms with Gasteiger partial charge in [0.1, 0.15) is 23.1 Å². The lowest BCUT2D eigenvalue weighted by molar-refractivity contribution is 0.467. The molecular weight excluding hydrogens is 352 g/mol. The molecule has 0 fully saturated rings. The van der Waals surface area contributed by atoms with Crippen molar-refractivity contribution < 1.29 is 13.5 Å². The van der Waals surface area contributed by atoms with Gasteiger partial charge in [0.15, 0.2) is 0 Å². The summed E-state index contributed by atoms with van der Waals surface area (Å²) in [4.78, 5) is 0. The van der Waals surface area contributed by atoms with Crippen molar-refractivity contribution in [2.45, 2.75) is 6.42 Å². The SMILES string of the molecule is NCCc1cc(F)cc(Oc2cc(F)c(Cl)cc2Br)c1. The quantitative estimate of drug-likeness (QED) is 0.802. The molecule has 0 aliphatic heterocycles. The molecule has 2 aromatic carbocycles. The third-order valence-corrected chi connectivity index (χ3v) is 3.48. The summed E-state index contributed by atoms with van der Waals surface area (Å²) in [6.07, 6.45) is 0.532. The van der Waals surface area contributed by atoms with Crippen molar-refractivity contribution in [1.82, 2.24) is 0 Å². The minimum absolute atomic E-state index is 0.0210. The van der Waals surface area contributed by atoms with Crippen LogP contribution in [0.3, 0.4) is 0 Å². The highest BCUT2D eigenvalue weighted by atomic mass is 79.9. The minimum Gasteiger partial charge on any atom is -0.456 e. The Labute approximate surface area is 128 Å². The Morgan fingerprint density at radius 2 is 1.90 bits per heavy atom. The van der Waals surface area contributed by atoms with Gasteiger partial charge in [0.2, 0.25) is 0 Å². The van der Waals surface area contributed by atoms with Crippen molar-refractivity contribution in [3.8, 4) is 11.5 Å². The molecule has 106 valence electrons. The highest BCUT2D eigenvalue weighted by Gasteiger charge is 2.10.